The number of aromatic hydroxyl groups is 1. The highest BCUT2D eigenvalue weighted by atomic mass is 19.2. The highest BCUT2D eigenvalue weighted by Gasteiger charge is 2.49. The molecule has 0 radical (unpaired) electrons. The summed E-state index contributed by atoms with van der Waals surface area (Å²) in [5.74, 6) is -47.0. The van der Waals surface area contributed by atoms with Crippen molar-refractivity contribution in [2.24, 2.45) is 0 Å². The van der Waals surface area contributed by atoms with Gasteiger partial charge >= 0.3 is 0 Å². The summed E-state index contributed by atoms with van der Waals surface area (Å²) in [7, 11) is 0. The van der Waals surface area contributed by atoms with Crippen molar-refractivity contribution < 1.29 is 71.0 Å². The van der Waals surface area contributed by atoms with Gasteiger partial charge in [0.05, 0.1) is 0 Å². The first-order valence-electron chi connectivity index (χ1n) is 11.4. The van der Waals surface area contributed by atoms with Gasteiger partial charge in [0.15, 0.2) is 52.4 Å². The maximum absolute atomic E-state index is 15.6. The number of phenolic OH excluding ortho intramolecular Hbond substituents is 1. The molecule has 0 aliphatic rings. The third kappa shape index (κ3) is 4.14. The van der Waals surface area contributed by atoms with Crippen LogP contribution >= 0.6 is 0 Å². The summed E-state index contributed by atoms with van der Waals surface area (Å²) in [6.45, 7) is 1.75. The smallest absolute Gasteiger partial charge is 0.200 e. The van der Waals surface area contributed by atoms with Gasteiger partial charge in [0, 0.05) is 0 Å². The Morgan fingerprint density at radius 3 is 0.767 bits per heavy atom. The van der Waals surface area contributed by atoms with E-state index in [1.807, 2.05) is 0 Å². The zero-order chi connectivity index (χ0) is 32.6. The number of rotatable bonds is 4. The molecule has 43 heavy (non-hydrogen) atoms. The molecule has 0 bridgehead atoms. The summed E-state index contributed by atoms with van der Waals surface area (Å²) < 4.78 is 223. The van der Waals surface area contributed by atoms with Crippen molar-refractivity contribution in [2.75, 3.05) is 0 Å². The Labute approximate surface area is 229 Å². The molecule has 0 fully saturated rings. The second kappa shape index (κ2) is 10.4. The van der Waals surface area contributed by atoms with Crippen LogP contribution in [0.4, 0.5) is 65.9 Å². The van der Waals surface area contributed by atoms with Gasteiger partial charge < -0.3 is 5.11 Å². The minimum absolute atomic E-state index is 0.288. The van der Waals surface area contributed by atoms with Gasteiger partial charge in [-0.05, 0) is 25.0 Å². The van der Waals surface area contributed by atoms with Crippen molar-refractivity contribution in [3.05, 3.63) is 111 Å². The molecule has 228 valence electrons. The van der Waals surface area contributed by atoms with Crippen LogP contribution in [0, 0.1) is 101 Å². The second-order valence-electron chi connectivity index (χ2n) is 9.32. The topological polar surface area (TPSA) is 20.2 Å². The van der Waals surface area contributed by atoms with Crippen LogP contribution in [0.15, 0.2) is 12.1 Å². The van der Waals surface area contributed by atoms with Crippen molar-refractivity contribution in [1.29, 1.82) is 0 Å². The van der Waals surface area contributed by atoms with Crippen LogP contribution in [-0.4, -0.2) is 11.3 Å². The Balaban J connectivity index is 2.61. The molecule has 0 unspecified atom stereocenters. The highest BCUT2D eigenvalue weighted by molar-refractivity contribution is 7.20. The Bertz CT molecular complexity index is 1590. The lowest BCUT2D eigenvalue weighted by Gasteiger charge is -2.45. The number of phenols is 1. The van der Waals surface area contributed by atoms with E-state index in [9.17, 15) is 44.6 Å². The van der Waals surface area contributed by atoms with Crippen molar-refractivity contribution in [1.82, 2.24) is 0 Å². The van der Waals surface area contributed by atoms with Crippen LogP contribution in [0.3, 0.4) is 0 Å². The lowest BCUT2D eigenvalue weighted by atomic mass is 9.12. The molecule has 4 aromatic carbocycles. The lowest BCUT2D eigenvalue weighted by molar-refractivity contribution is 0.380. The van der Waals surface area contributed by atoms with Crippen LogP contribution in [0.2, 0.25) is 0 Å². The third-order valence-corrected chi connectivity index (χ3v) is 7.04. The van der Waals surface area contributed by atoms with Gasteiger partial charge in [0.2, 0.25) is 0 Å². The lowest BCUT2D eigenvalue weighted by Crippen LogP contribution is -2.79. The maximum Gasteiger partial charge on any atom is 0.200 e. The Kier molecular flexibility index (Phi) is 7.69. The first kappa shape index (κ1) is 31.6. The average Bonchev–Trinajstić information content (AvgIpc) is 2.97. The summed E-state index contributed by atoms with van der Waals surface area (Å²) in [5, 5.41) is 10.2. The van der Waals surface area contributed by atoms with Crippen LogP contribution in [0.1, 0.15) is 11.1 Å². The first-order chi connectivity index (χ1) is 19.8. The fourth-order valence-corrected chi connectivity index (χ4v) is 5.18. The summed E-state index contributed by atoms with van der Waals surface area (Å²) in [6, 6.07) is 0.576. The van der Waals surface area contributed by atoms with Crippen molar-refractivity contribution in [2.45, 2.75) is 13.8 Å². The zero-order valence-corrected chi connectivity index (χ0v) is 20.8. The third-order valence-electron chi connectivity index (χ3n) is 7.04. The first-order valence-corrected chi connectivity index (χ1v) is 11.4. The number of aryl methyl sites for hydroxylation is 2. The number of hydrogen-bond donors (Lipinski definition) is 1. The molecular formula is C26H9BF15O-. The van der Waals surface area contributed by atoms with Gasteiger partial charge in [-0.1, -0.05) is 12.1 Å². The fraction of sp³-hybridized carbons (Fsp3) is 0.0769. The van der Waals surface area contributed by atoms with Crippen molar-refractivity contribution >= 4 is 28.0 Å². The molecule has 1 N–H and O–H groups in total. The molecule has 0 aliphatic carbocycles. The maximum atomic E-state index is 15.6. The molecule has 0 atom stereocenters. The van der Waals surface area contributed by atoms with E-state index in [4.69, 9.17) is 0 Å². The second-order valence-corrected chi connectivity index (χ2v) is 9.32. The Morgan fingerprint density at radius 2 is 0.558 bits per heavy atom. The van der Waals surface area contributed by atoms with E-state index in [1.165, 1.54) is 0 Å². The van der Waals surface area contributed by atoms with Gasteiger partial charge in [0.25, 0.3) is 0 Å². The highest BCUT2D eigenvalue weighted by Crippen LogP contribution is 2.30. The van der Waals surface area contributed by atoms with Crippen molar-refractivity contribution in [3.8, 4) is 5.75 Å². The van der Waals surface area contributed by atoms with Gasteiger partial charge in [-0.15, -0.1) is 16.4 Å². The molecule has 4 rings (SSSR count). The number of halogens is 15. The quantitative estimate of drug-likeness (QED) is 0.137. The number of hydrogen-bond acceptors (Lipinski definition) is 1. The summed E-state index contributed by atoms with van der Waals surface area (Å²) >= 11 is 0. The van der Waals surface area contributed by atoms with E-state index >= 15 is 26.3 Å². The van der Waals surface area contributed by atoms with Gasteiger partial charge in [-0.2, -0.15) is 5.46 Å². The molecule has 0 spiro atoms. The van der Waals surface area contributed by atoms with Crippen LogP contribution < -0.4 is 21.9 Å². The summed E-state index contributed by atoms with van der Waals surface area (Å²) in [4.78, 5) is 0. The minimum Gasteiger partial charge on any atom is -0.507 e. The molecule has 4 aromatic rings. The predicted molar refractivity (Wildman–Crippen MR) is 121 cm³/mol. The van der Waals surface area contributed by atoms with E-state index in [2.05, 4.69) is 0 Å². The molecule has 0 aromatic heterocycles. The molecule has 0 heterocycles. The van der Waals surface area contributed by atoms with Gasteiger partial charge in [-0.3, -0.25) is 0 Å². The molecule has 17 heteroatoms. The standard InChI is InChI=1S/C26H9BF15O/c1-5-3-7(4-6(2)26(5)43)27(8-11(28)17(34)23(40)18(35)12(8)29,9-13(30)19(36)24(41)20(37)14(9)31)10-15(32)21(38)25(42)22(39)16(10)33/h3-4,43H,1-2H3/q-1. The number of benzene rings is 4. The van der Waals surface area contributed by atoms with Gasteiger partial charge in [0.1, 0.15) is 46.8 Å². The molecular weight excluding hydrogens is 624 g/mol. The van der Waals surface area contributed by atoms with E-state index < -0.39 is 132 Å². The molecule has 0 saturated heterocycles. The van der Waals surface area contributed by atoms with E-state index in [-0.39, 0.29) is 12.1 Å². The predicted octanol–water partition coefficient (Wildman–Crippen LogP) is 5.47. The largest absolute Gasteiger partial charge is 0.507 e. The normalized spacial score (nSPS) is 11.9. The summed E-state index contributed by atoms with van der Waals surface area (Å²) in [6.07, 6.45) is -5.88. The van der Waals surface area contributed by atoms with E-state index in [1.54, 1.807) is 0 Å². The Morgan fingerprint density at radius 1 is 0.372 bits per heavy atom. The molecule has 0 saturated carbocycles. The molecule has 1 nitrogen and oxygen atoms in total. The van der Waals surface area contributed by atoms with Crippen LogP contribution in [0.25, 0.3) is 0 Å². The zero-order valence-electron chi connectivity index (χ0n) is 20.8. The average molecular weight is 633 g/mol. The summed E-state index contributed by atoms with van der Waals surface area (Å²) in [5.41, 5.74) is -10.9. The van der Waals surface area contributed by atoms with Crippen molar-refractivity contribution in [3.63, 3.8) is 0 Å². The van der Waals surface area contributed by atoms with Crippen LogP contribution in [0.5, 0.6) is 5.75 Å². The molecule has 0 amide bonds. The van der Waals surface area contributed by atoms with Gasteiger partial charge in [-0.25, -0.2) is 65.9 Å². The van der Waals surface area contributed by atoms with E-state index in [0.29, 0.717) is 0 Å². The molecule has 0 aliphatic heterocycles. The Hall–Kier alpha value is -4.31. The van der Waals surface area contributed by atoms with E-state index in [0.717, 1.165) is 13.8 Å². The van der Waals surface area contributed by atoms with Crippen LogP contribution in [-0.2, 0) is 0 Å². The monoisotopic (exact) mass is 633 g/mol. The SMILES string of the molecule is Cc1cc([B-](c2c(F)c(F)c(F)c(F)c2F)(c2c(F)c(F)c(F)c(F)c2F)c2c(F)c(F)c(F)c(F)c2F)cc(C)c1O. The fourth-order valence-electron chi connectivity index (χ4n) is 5.18. The minimum atomic E-state index is -5.88.